The molecule has 0 saturated carbocycles. The summed E-state index contributed by atoms with van der Waals surface area (Å²) in [6, 6.07) is 2.92. The molecule has 1 aromatic rings. The predicted octanol–water partition coefficient (Wildman–Crippen LogP) is 4.00. The van der Waals surface area contributed by atoms with Gasteiger partial charge in [0.15, 0.2) is 12.4 Å². The SMILES string of the molecule is C/C=C(\CC)C(=O)c1ccc(OCC(=O)O)c(Cl)c1Cl. The van der Waals surface area contributed by atoms with E-state index < -0.39 is 12.6 Å². The Morgan fingerprint density at radius 3 is 2.45 bits per heavy atom. The van der Waals surface area contributed by atoms with Crippen molar-refractivity contribution in [2.75, 3.05) is 6.61 Å². The van der Waals surface area contributed by atoms with Gasteiger partial charge in [0.2, 0.25) is 0 Å². The molecule has 0 aliphatic carbocycles. The van der Waals surface area contributed by atoms with Gasteiger partial charge >= 0.3 is 5.97 Å². The lowest BCUT2D eigenvalue weighted by Gasteiger charge is -2.11. The number of Topliss-reactive ketones (excluding diaryl/α,β-unsaturated/α-hetero) is 1. The van der Waals surface area contributed by atoms with Gasteiger partial charge in [-0.3, -0.25) is 4.79 Å². The smallest absolute Gasteiger partial charge is 0.341 e. The number of hydrogen-bond donors (Lipinski definition) is 1. The summed E-state index contributed by atoms with van der Waals surface area (Å²) >= 11 is 12.1. The number of hydrogen-bond acceptors (Lipinski definition) is 3. The zero-order valence-corrected chi connectivity index (χ0v) is 12.6. The van der Waals surface area contributed by atoms with E-state index in [0.717, 1.165) is 0 Å². The van der Waals surface area contributed by atoms with Crippen molar-refractivity contribution >= 4 is 35.0 Å². The highest BCUT2D eigenvalue weighted by Crippen LogP contribution is 2.35. The Hall–Kier alpha value is -1.52. The third-order valence-electron chi connectivity index (χ3n) is 2.66. The Bertz CT molecular complexity index is 565. The Labute approximate surface area is 126 Å². The second kappa shape index (κ2) is 7.31. The lowest BCUT2D eigenvalue weighted by Crippen LogP contribution is -2.10. The van der Waals surface area contributed by atoms with E-state index in [1.165, 1.54) is 12.1 Å². The monoisotopic (exact) mass is 316 g/mol. The number of carboxylic acids is 1. The summed E-state index contributed by atoms with van der Waals surface area (Å²) in [6.45, 7) is 3.11. The van der Waals surface area contributed by atoms with E-state index in [0.29, 0.717) is 12.0 Å². The zero-order chi connectivity index (χ0) is 15.3. The van der Waals surface area contributed by atoms with Crippen molar-refractivity contribution in [1.82, 2.24) is 0 Å². The first kappa shape index (κ1) is 16.5. The normalized spacial score (nSPS) is 11.3. The summed E-state index contributed by atoms with van der Waals surface area (Å²) < 4.78 is 4.99. The highest BCUT2D eigenvalue weighted by molar-refractivity contribution is 6.45. The van der Waals surface area contributed by atoms with Crippen molar-refractivity contribution in [3.05, 3.63) is 39.4 Å². The molecule has 6 heteroatoms. The molecule has 0 saturated heterocycles. The Balaban J connectivity index is 3.11. The molecule has 0 unspecified atom stereocenters. The fraction of sp³-hybridized carbons (Fsp3) is 0.286. The number of ketones is 1. The van der Waals surface area contributed by atoms with E-state index in [1.807, 2.05) is 6.92 Å². The molecular weight excluding hydrogens is 303 g/mol. The van der Waals surface area contributed by atoms with Gasteiger partial charge in [0.05, 0.1) is 5.02 Å². The van der Waals surface area contributed by atoms with Gasteiger partial charge < -0.3 is 9.84 Å². The maximum atomic E-state index is 12.2. The van der Waals surface area contributed by atoms with E-state index in [4.69, 9.17) is 33.0 Å². The summed E-state index contributed by atoms with van der Waals surface area (Å²) in [5.74, 6) is -1.19. The highest BCUT2D eigenvalue weighted by Gasteiger charge is 2.18. The quantitative estimate of drug-likeness (QED) is 0.636. The predicted molar refractivity (Wildman–Crippen MR) is 78.0 cm³/mol. The van der Waals surface area contributed by atoms with Crippen molar-refractivity contribution in [3.8, 4) is 5.75 Å². The largest absolute Gasteiger partial charge is 0.480 e. The summed E-state index contributed by atoms with van der Waals surface area (Å²) in [5.41, 5.74) is 0.900. The number of allylic oxidation sites excluding steroid dienone is 2. The lowest BCUT2D eigenvalue weighted by molar-refractivity contribution is -0.139. The maximum absolute atomic E-state index is 12.2. The van der Waals surface area contributed by atoms with Crippen molar-refractivity contribution in [2.45, 2.75) is 20.3 Å². The van der Waals surface area contributed by atoms with Crippen LogP contribution in [0, 0.1) is 0 Å². The topological polar surface area (TPSA) is 63.6 Å². The maximum Gasteiger partial charge on any atom is 0.341 e. The average molecular weight is 317 g/mol. The van der Waals surface area contributed by atoms with E-state index in [-0.39, 0.29) is 27.1 Å². The van der Waals surface area contributed by atoms with Crippen LogP contribution in [0.3, 0.4) is 0 Å². The second-order valence-electron chi connectivity index (χ2n) is 3.92. The molecule has 0 atom stereocenters. The molecule has 0 bridgehead atoms. The standard InChI is InChI=1S/C14H14Cl2O4/c1-3-8(4-2)14(19)9-5-6-10(13(16)12(9)15)20-7-11(17)18/h3,5-6H,4,7H2,1-2H3,(H,17,18)/b8-3+. The van der Waals surface area contributed by atoms with Gasteiger partial charge in [0.25, 0.3) is 0 Å². The number of carboxylic acid groups (broad SMARTS) is 1. The van der Waals surface area contributed by atoms with Gasteiger partial charge in [0, 0.05) is 5.56 Å². The fourth-order valence-electron chi connectivity index (χ4n) is 1.63. The van der Waals surface area contributed by atoms with Crippen LogP contribution in [-0.4, -0.2) is 23.5 Å². The van der Waals surface area contributed by atoms with Gasteiger partial charge in [-0.15, -0.1) is 0 Å². The van der Waals surface area contributed by atoms with Crippen LogP contribution in [0.5, 0.6) is 5.75 Å². The Kier molecular flexibility index (Phi) is 6.05. The van der Waals surface area contributed by atoms with E-state index in [2.05, 4.69) is 0 Å². The summed E-state index contributed by atoms with van der Waals surface area (Å²) in [7, 11) is 0. The first-order valence-electron chi connectivity index (χ1n) is 5.94. The Morgan fingerprint density at radius 2 is 1.95 bits per heavy atom. The van der Waals surface area contributed by atoms with Crippen LogP contribution in [-0.2, 0) is 4.79 Å². The minimum atomic E-state index is -1.13. The van der Waals surface area contributed by atoms with Crippen LogP contribution < -0.4 is 4.74 Å². The molecule has 20 heavy (non-hydrogen) atoms. The third kappa shape index (κ3) is 3.74. The summed E-state index contributed by atoms with van der Waals surface area (Å²) in [4.78, 5) is 22.7. The summed E-state index contributed by atoms with van der Waals surface area (Å²) in [5, 5.41) is 8.65. The number of carbonyl (C=O) groups excluding carboxylic acids is 1. The van der Waals surface area contributed by atoms with Crippen LogP contribution in [0.2, 0.25) is 10.0 Å². The molecule has 0 amide bonds. The second-order valence-corrected chi connectivity index (χ2v) is 4.67. The molecule has 0 aliphatic heterocycles. The number of aliphatic carboxylic acids is 1. The molecule has 0 heterocycles. The summed E-state index contributed by atoms with van der Waals surface area (Å²) in [6.07, 6.45) is 2.31. The van der Waals surface area contributed by atoms with E-state index in [9.17, 15) is 9.59 Å². The van der Waals surface area contributed by atoms with Crippen molar-refractivity contribution in [1.29, 1.82) is 0 Å². The van der Waals surface area contributed by atoms with Gasteiger partial charge in [0.1, 0.15) is 10.8 Å². The fourth-order valence-corrected chi connectivity index (χ4v) is 2.09. The number of ether oxygens (including phenoxy) is 1. The van der Waals surface area contributed by atoms with Crippen LogP contribution in [0.1, 0.15) is 30.6 Å². The van der Waals surface area contributed by atoms with Gasteiger partial charge in [-0.05, 0) is 31.1 Å². The first-order valence-corrected chi connectivity index (χ1v) is 6.70. The van der Waals surface area contributed by atoms with Crippen LogP contribution >= 0.6 is 23.2 Å². The van der Waals surface area contributed by atoms with Crippen molar-refractivity contribution in [3.63, 3.8) is 0 Å². The molecule has 0 spiro atoms. The zero-order valence-electron chi connectivity index (χ0n) is 11.1. The van der Waals surface area contributed by atoms with E-state index >= 15 is 0 Å². The minimum Gasteiger partial charge on any atom is -0.480 e. The molecule has 4 nitrogen and oxygen atoms in total. The molecule has 0 aromatic heterocycles. The van der Waals surface area contributed by atoms with Crippen LogP contribution in [0.4, 0.5) is 0 Å². The molecule has 108 valence electrons. The molecular formula is C14H14Cl2O4. The molecule has 0 radical (unpaired) electrons. The van der Waals surface area contributed by atoms with Crippen LogP contribution in [0.15, 0.2) is 23.8 Å². The number of halogens is 2. The third-order valence-corrected chi connectivity index (χ3v) is 3.53. The first-order chi connectivity index (χ1) is 9.42. The van der Waals surface area contributed by atoms with Gasteiger partial charge in [-0.2, -0.15) is 0 Å². The number of rotatable bonds is 6. The van der Waals surface area contributed by atoms with Crippen molar-refractivity contribution in [2.24, 2.45) is 0 Å². The highest BCUT2D eigenvalue weighted by atomic mass is 35.5. The van der Waals surface area contributed by atoms with E-state index in [1.54, 1.807) is 13.0 Å². The van der Waals surface area contributed by atoms with Crippen molar-refractivity contribution < 1.29 is 19.4 Å². The number of benzene rings is 1. The molecule has 1 rings (SSSR count). The molecule has 0 aliphatic rings. The van der Waals surface area contributed by atoms with Crippen LogP contribution in [0.25, 0.3) is 0 Å². The molecule has 0 fully saturated rings. The average Bonchev–Trinajstić information content (AvgIpc) is 2.41. The van der Waals surface area contributed by atoms with Gasteiger partial charge in [-0.25, -0.2) is 4.79 Å². The Morgan fingerprint density at radius 1 is 1.30 bits per heavy atom. The lowest BCUT2D eigenvalue weighted by atomic mass is 10.0. The molecule has 1 aromatic carbocycles. The van der Waals surface area contributed by atoms with Gasteiger partial charge in [-0.1, -0.05) is 36.2 Å². The number of carbonyl (C=O) groups is 2. The minimum absolute atomic E-state index is 0.0327. The molecule has 1 N–H and O–H groups in total.